The minimum atomic E-state index is -0.458. The lowest BCUT2D eigenvalue weighted by Gasteiger charge is -2.20. The number of ether oxygens (including phenoxy) is 1. The van der Waals surface area contributed by atoms with Crippen LogP contribution >= 0.6 is 11.6 Å². The average molecular weight is 399 g/mol. The first-order valence-corrected chi connectivity index (χ1v) is 9.60. The van der Waals surface area contributed by atoms with Gasteiger partial charge in [-0.2, -0.15) is 0 Å². The third kappa shape index (κ3) is 4.28. The van der Waals surface area contributed by atoms with Gasteiger partial charge in [-0.3, -0.25) is 4.79 Å². The minimum absolute atomic E-state index is 0.0141. The zero-order valence-corrected chi connectivity index (χ0v) is 17.2. The second kappa shape index (κ2) is 8.19. The monoisotopic (exact) mass is 398 g/mol. The smallest absolute Gasteiger partial charge is 0.336 e. The molecule has 5 heteroatoms. The fourth-order valence-electron chi connectivity index (χ4n) is 3.30. The van der Waals surface area contributed by atoms with Gasteiger partial charge < -0.3 is 9.15 Å². The van der Waals surface area contributed by atoms with Gasteiger partial charge in [-0.1, -0.05) is 37.6 Å². The van der Waals surface area contributed by atoms with Crippen molar-refractivity contribution in [3.8, 4) is 0 Å². The van der Waals surface area contributed by atoms with E-state index in [2.05, 4.69) is 0 Å². The number of carbonyl (C=O) groups excluding carboxylic acids is 1. The lowest BCUT2D eigenvalue weighted by Crippen LogP contribution is -2.21. The van der Waals surface area contributed by atoms with Crippen molar-refractivity contribution in [1.82, 2.24) is 0 Å². The molecule has 0 aliphatic heterocycles. The molecule has 0 saturated heterocycles. The second-order valence-electron chi connectivity index (χ2n) is 7.40. The van der Waals surface area contributed by atoms with E-state index in [9.17, 15) is 9.59 Å². The van der Waals surface area contributed by atoms with Gasteiger partial charge in [-0.05, 0) is 60.7 Å². The van der Waals surface area contributed by atoms with Crippen LogP contribution in [0.1, 0.15) is 42.0 Å². The molecule has 3 aromatic rings. The standard InChI is InChI=1S/C23H23ClO4/c1-13(2)22(16-5-7-18(24)8-6-16)23(26)27-12-17-11-21(25)28-20-10-15(4)14(3)9-19(17)20/h5-11,13,22H,12H2,1-4H3/t22-/m0/s1. The summed E-state index contributed by atoms with van der Waals surface area (Å²) >= 11 is 5.96. The fraction of sp³-hybridized carbons (Fsp3) is 0.304. The van der Waals surface area contributed by atoms with Gasteiger partial charge in [-0.15, -0.1) is 0 Å². The van der Waals surface area contributed by atoms with E-state index in [4.69, 9.17) is 20.8 Å². The summed E-state index contributed by atoms with van der Waals surface area (Å²) in [4.78, 5) is 24.7. The molecule has 0 amide bonds. The number of benzene rings is 2. The summed E-state index contributed by atoms with van der Waals surface area (Å²) in [6.45, 7) is 7.91. The Morgan fingerprint density at radius 3 is 2.36 bits per heavy atom. The average Bonchev–Trinajstić information content (AvgIpc) is 2.62. The Labute approximate surface area is 169 Å². The van der Waals surface area contributed by atoms with Crippen molar-refractivity contribution in [2.24, 2.45) is 5.92 Å². The lowest BCUT2D eigenvalue weighted by molar-refractivity contribution is -0.147. The van der Waals surface area contributed by atoms with Crippen molar-refractivity contribution in [1.29, 1.82) is 0 Å². The van der Waals surface area contributed by atoms with Gasteiger partial charge in [0.1, 0.15) is 12.2 Å². The van der Waals surface area contributed by atoms with E-state index in [-0.39, 0.29) is 18.5 Å². The molecule has 1 heterocycles. The molecule has 1 atom stereocenters. The zero-order valence-electron chi connectivity index (χ0n) is 16.4. The van der Waals surface area contributed by atoms with Gasteiger partial charge in [0.05, 0.1) is 5.92 Å². The van der Waals surface area contributed by atoms with Gasteiger partial charge in [-0.25, -0.2) is 4.79 Å². The van der Waals surface area contributed by atoms with Crippen LogP contribution in [0.25, 0.3) is 11.0 Å². The summed E-state index contributed by atoms with van der Waals surface area (Å²) in [6, 6.07) is 12.4. The Morgan fingerprint density at radius 1 is 1.07 bits per heavy atom. The van der Waals surface area contributed by atoms with Crippen LogP contribution in [0.2, 0.25) is 5.02 Å². The molecule has 0 radical (unpaired) electrons. The number of carbonyl (C=O) groups is 1. The van der Waals surface area contributed by atoms with Gasteiger partial charge in [0.2, 0.25) is 0 Å². The highest BCUT2D eigenvalue weighted by Crippen LogP contribution is 2.28. The van der Waals surface area contributed by atoms with Crippen LogP contribution in [0.4, 0.5) is 0 Å². The summed E-state index contributed by atoms with van der Waals surface area (Å²) in [5.41, 5.74) is 3.65. The molecule has 0 N–H and O–H groups in total. The number of rotatable bonds is 5. The molecule has 0 spiro atoms. The normalized spacial score (nSPS) is 12.4. The van der Waals surface area contributed by atoms with Crippen LogP contribution in [0.3, 0.4) is 0 Å². The van der Waals surface area contributed by atoms with E-state index < -0.39 is 11.5 Å². The first-order valence-electron chi connectivity index (χ1n) is 9.22. The molecule has 28 heavy (non-hydrogen) atoms. The molecule has 0 aliphatic carbocycles. The van der Waals surface area contributed by atoms with Crippen molar-refractivity contribution in [3.63, 3.8) is 0 Å². The molecule has 3 rings (SSSR count). The Kier molecular flexibility index (Phi) is 5.90. The molecule has 0 unspecified atom stereocenters. The molecule has 1 aromatic heterocycles. The lowest BCUT2D eigenvalue weighted by atomic mass is 9.88. The van der Waals surface area contributed by atoms with Crippen molar-refractivity contribution in [3.05, 3.63) is 80.2 Å². The Morgan fingerprint density at radius 2 is 1.71 bits per heavy atom. The molecule has 0 saturated carbocycles. The molecule has 0 aliphatic rings. The molecule has 4 nitrogen and oxygen atoms in total. The zero-order chi connectivity index (χ0) is 20.4. The van der Waals surface area contributed by atoms with Crippen LogP contribution in [0.5, 0.6) is 0 Å². The van der Waals surface area contributed by atoms with Crippen molar-refractivity contribution in [2.75, 3.05) is 0 Å². The molecule has 2 aromatic carbocycles. The number of esters is 1. The maximum Gasteiger partial charge on any atom is 0.336 e. The number of hydrogen-bond donors (Lipinski definition) is 0. The number of aryl methyl sites for hydroxylation is 2. The van der Waals surface area contributed by atoms with Gasteiger partial charge in [0.15, 0.2) is 0 Å². The highest BCUT2D eigenvalue weighted by Gasteiger charge is 2.26. The first kappa shape index (κ1) is 20.2. The van der Waals surface area contributed by atoms with Crippen LogP contribution in [0, 0.1) is 19.8 Å². The summed E-state index contributed by atoms with van der Waals surface area (Å²) in [5, 5.41) is 1.40. The third-order valence-electron chi connectivity index (χ3n) is 4.96. The molecular weight excluding hydrogens is 376 g/mol. The predicted octanol–water partition coefficient (Wildman–Crippen LogP) is 5.55. The van der Waals surface area contributed by atoms with E-state index in [1.54, 1.807) is 12.1 Å². The molecule has 0 bridgehead atoms. The van der Waals surface area contributed by atoms with E-state index in [1.807, 2.05) is 52.0 Å². The quantitative estimate of drug-likeness (QED) is 0.418. The molecule has 146 valence electrons. The van der Waals surface area contributed by atoms with Crippen molar-refractivity contribution in [2.45, 2.75) is 40.2 Å². The van der Waals surface area contributed by atoms with Gasteiger partial charge in [0.25, 0.3) is 0 Å². The highest BCUT2D eigenvalue weighted by atomic mass is 35.5. The molecule has 0 fully saturated rings. The van der Waals surface area contributed by atoms with Crippen LogP contribution in [-0.2, 0) is 16.1 Å². The topological polar surface area (TPSA) is 56.5 Å². The fourth-order valence-corrected chi connectivity index (χ4v) is 3.43. The van der Waals surface area contributed by atoms with Crippen LogP contribution < -0.4 is 5.63 Å². The van der Waals surface area contributed by atoms with E-state index in [0.717, 1.165) is 22.1 Å². The summed E-state index contributed by atoms with van der Waals surface area (Å²) in [7, 11) is 0. The predicted molar refractivity (Wildman–Crippen MR) is 111 cm³/mol. The third-order valence-corrected chi connectivity index (χ3v) is 5.22. The SMILES string of the molecule is Cc1cc2oc(=O)cc(COC(=O)[C@H](c3ccc(Cl)cc3)C(C)C)c2cc1C. The van der Waals surface area contributed by atoms with Crippen molar-refractivity contribution >= 4 is 28.5 Å². The van der Waals surface area contributed by atoms with Gasteiger partial charge in [0, 0.05) is 22.0 Å². The van der Waals surface area contributed by atoms with E-state index in [0.29, 0.717) is 16.2 Å². The van der Waals surface area contributed by atoms with Crippen LogP contribution in [-0.4, -0.2) is 5.97 Å². The van der Waals surface area contributed by atoms with Gasteiger partial charge >= 0.3 is 11.6 Å². The van der Waals surface area contributed by atoms with E-state index >= 15 is 0 Å². The largest absolute Gasteiger partial charge is 0.460 e. The second-order valence-corrected chi connectivity index (χ2v) is 7.84. The maximum absolute atomic E-state index is 12.8. The maximum atomic E-state index is 12.8. The Bertz CT molecular complexity index is 1060. The number of fused-ring (bicyclic) bond motifs is 1. The van der Waals surface area contributed by atoms with E-state index in [1.165, 1.54) is 6.07 Å². The molecular formula is C23H23ClO4. The highest BCUT2D eigenvalue weighted by molar-refractivity contribution is 6.30. The number of hydrogen-bond acceptors (Lipinski definition) is 4. The first-order chi connectivity index (χ1) is 13.3. The Hall–Kier alpha value is -2.59. The minimum Gasteiger partial charge on any atom is -0.460 e. The van der Waals surface area contributed by atoms with Crippen LogP contribution in [0.15, 0.2) is 51.7 Å². The number of halogens is 1. The van der Waals surface area contributed by atoms with Crippen molar-refractivity contribution < 1.29 is 13.9 Å². The Balaban J connectivity index is 1.88. The summed E-state index contributed by atoms with van der Waals surface area (Å²) < 4.78 is 10.9. The summed E-state index contributed by atoms with van der Waals surface area (Å²) in [5.74, 6) is -0.689. The summed E-state index contributed by atoms with van der Waals surface area (Å²) in [6.07, 6.45) is 0.